The molecule has 0 bridgehead atoms. The predicted molar refractivity (Wildman–Crippen MR) is 76.5 cm³/mol. The van der Waals surface area contributed by atoms with E-state index >= 15 is 0 Å². The van der Waals surface area contributed by atoms with Gasteiger partial charge in [-0.1, -0.05) is 37.3 Å². The summed E-state index contributed by atoms with van der Waals surface area (Å²) in [4.78, 5) is 25.1. The van der Waals surface area contributed by atoms with Crippen molar-refractivity contribution in [2.75, 3.05) is 12.8 Å². The molecule has 0 saturated carbocycles. The molecule has 1 N–H and O–H groups in total. The van der Waals surface area contributed by atoms with Gasteiger partial charge >= 0.3 is 0 Å². The summed E-state index contributed by atoms with van der Waals surface area (Å²) < 4.78 is 0. The molecule has 1 aromatic rings. The van der Waals surface area contributed by atoms with E-state index < -0.39 is 0 Å². The number of amides is 2. The smallest absolute Gasteiger partial charge is 0.239 e. The summed E-state index contributed by atoms with van der Waals surface area (Å²) in [5.74, 6) is -0.0192. The van der Waals surface area contributed by atoms with Crippen molar-refractivity contribution in [2.24, 2.45) is 5.92 Å². The molecule has 19 heavy (non-hydrogen) atoms. The van der Waals surface area contributed by atoms with Crippen molar-refractivity contribution in [3.05, 3.63) is 35.9 Å². The molecule has 0 unspecified atom stereocenters. The second-order valence-corrected chi connectivity index (χ2v) is 5.60. The van der Waals surface area contributed by atoms with Gasteiger partial charge in [-0.2, -0.15) is 0 Å². The van der Waals surface area contributed by atoms with E-state index in [-0.39, 0.29) is 29.7 Å². The van der Waals surface area contributed by atoms with E-state index in [1.54, 1.807) is 16.7 Å². The summed E-state index contributed by atoms with van der Waals surface area (Å²) in [5, 5.41) is 2.97. The Bertz CT molecular complexity index is 464. The minimum Gasteiger partial charge on any atom is -0.350 e. The van der Waals surface area contributed by atoms with Crippen LogP contribution < -0.4 is 5.32 Å². The highest BCUT2D eigenvalue weighted by atomic mass is 32.2. The number of β-lactam (4-membered cyclic amide) rings is 1. The van der Waals surface area contributed by atoms with Gasteiger partial charge in [-0.3, -0.25) is 9.59 Å². The third-order valence-electron chi connectivity index (χ3n) is 3.30. The van der Waals surface area contributed by atoms with Crippen LogP contribution in [0, 0.1) is 5.92 Å². The summed E-state index contributed by atoms with van der Waals surface area (Å²) in [6, 6.07) is 9.73. The summed E-state index contributed by atoms with van der Waals surface area (Å²) in [6.07, 6.45) is 1.96. The van der Waals surface area contributed by atoms with Crippen molar-refractivity contribution in [3.8, 4) is 0 Å². The number of hydrogen-bond donors (Lipinski definition) is 1. The fourth-order valence-corrected chi connectivity index (χ4v) is 3.16. The molecule has 2 rings (SSSR count). The second kappa shape index (κ2) is 6.10. The van der Waals surface area contributed by atoms with Gasteiger partial charge in [0.15, 0.2) is 0 Å². The lowest BCUT2D eigenvalue weighted by Gasteiger charge is -2.44. The van der Waals surface area contributed by atoms with E-state index in [9.17, 15) is 9.59 Å². The minimum absolute atomic E-state index is 0.0249. The second-order valence-electron chi connectivity index (χ2n) is 4.64. The maximum atomic E-state index is 11.8. The first-order chi connectivity index (χ1) is 9.13. The van der Waals surface area contributed by atoms with Crippen molar-refractivity contribution in [2.45, 2.75) is 18.8 Å². The van der Waals surface area contributed by atoms with Gasteiger partial charge < -0.3 is 10.2 Å². The van der Waals surface area contributed by atoms with Crippen LogP contribution in [0.2, 0.25) is 0 Å². The maximum Gasteiger partial charge on any atom is 0.239 e. The lowest BCUT2D eigenvalue weighted by molar-refractivity contribution is -0.152. The normalized spacial score (nSPS) is 22.0. The van der Waals surface area contributed by atoms with E-state index in [4.69, 9.17) is 0 Å². The van der Waals surface area contributed by atoms with Crippen molar-refractivity contribution in [1.82, 2.24) is 10.2 Å². The average Bonchev–Trinajstić information content (AvgIpc) is 2.45. The lowest BCUT2D eigenvalue weighted by Crippen LogP contribution is -2.60. The number of carbonyl (C=O) groups is 2. The van der Waals surface area contributed by atoms with Crippen LogP contribution in [0.3, 0.4) is 0 Å². The van der Waals surface area contributed by atoms with Crippen molar-refractivity contribution >= 4 is 23.6 Å². The maximum absolute atomic E-state index is 11.8. The molecule has 1 saturated heterocycles. The number of nitrogens with one attached hydrogen (secondary N) is 1. The number of benzene rings is 1. The molecule has 0 spiro atoms. The summed E-state index contributed by atoms with van der Waals surface area (Å²) in [7, 11) is 0. The molecule has 0 aliphatic carbocycles. The van der Waals surface area contributed by atoms with Crippen LogP contribution in [-0.4, -0.2) is 34.9 Å². The Balaban J connectivity index is 1.80. The highest BCUT2D eigenvalue weighted by Crippen LogP contribution is 2.32. The van der Waals surface area contributed by atoms with Gasteiger partial charge in [0.05, 0.1) is 11.3 Å². The Morgan fingerprint density at radius 2 is 2.05 bits per heavy atom. The molecule has 0 radical (unpaired) electrons. The Hall–Kier alpha value is -1.49. The number of likely N-dealkylation sites (tertiary alicyclic amines) is 1. The molecule has 0 aromatic heterocycles. The third kappa shape index (κ3) is 3.10. The quantitative estimate of drug-likeness (QED) is 0.830. The molecule has 2 atom stereocenters. The molecule has 102 valence electrons. The summed E-state index contributed by atoms with van der Waals surface area (Å²) in [5.41, 5.74) is 1.06. The number of carbonyl (C=O) groups excluding carboxylic acids is 2. The molecule has 1 fully saturated rings. The Kier molecular flexibility index (Phi) is 4.47. The van der Waals surface area contributed by atoms with Crippen LogP contribution >= 0.6 is 11.8 Å². The molecule has 1 aromatic carbocycles. The van der Waals surface area contributed by atoms with E-state index in [0.717, 1.165) is 5.56 Å². The van der Waals surface area contributed by atoms with Gasteiger partial charge in [-0.25, -0.2) is 0 Å². The Morgan fingerprint density at radius 1 is 1.37 bits per heavy atom. The first kappa shape index (κ1) is 13.9. The molecule has 5 heteroatoms. The first-order valence-electron chi connectivity index (χ1n) is 6.27. The standard InChI is InChI=1S/C14H18N2O2S/c1-10-13(18)16(14(10)19-2)9-12(17)15-8-11-6-4-3-5-7-11/h3-7,10,14H,8-9H2,1-2H3,(H,15,17)/t10-,14+/m1/s1. The van der Waals surface area contributed by atoms with Crippen LogP contribution in [0.1, 0.15) is 12.5 Å². The average molecular weight is 278 g/mol. The summed E-state index contributed by atoms with van der Waals surface area (Å²) >= 11 is 1.61. The van der Waals surface area contributed by atoms with E-state index in [1.807, 2.05) is 43.5 Å². The SMILES string of the molecule is CS[C@H]1[C@H](C)C(=O)N1CC(=O)NCc1ccccc1. The topological polar surface area (TPSA) is 49.4 Å². The minimum atomic E-state index is -0.108. The lowest BCUT2D eigenvalue weighted by atomic mass is 10.0. The van der Waals surface area contributed by atoms with Crippen LogP contribution in [0.5, 0.6) is 0 Å². The van der Waals surface area contributed by atoms with E-state index in [2.05, 4.69) is 5.32 Å². The molecular formula is C14H18N2O2S. The molecule has 1 aliphatic rings. The van der Waals surface area contributed by atoms with Gasteiger partial charge in [0.1, 0.15) is 6.54 Å². The molecule has 1 aliphatic heterocycles. The number of nitrogens with zero attached hydrogens (tertiary/aromatic N) is 1. The van der Waals surface area contributed by atoms with Gasteiger partial charge in [-0.15, -0.1) is 11.8 Å². The number of thioether (sulfide) groups is 1. The van der Waals surface area contributed by atoms with Crippen molar-refractivity contribution < 1.29 is 9.59 Å². The highest BCUT2D eigenvalue weighted by molar-refractivity contribution is 7.99. The number of hydrogen-bond acceptors (Lipinski definition) is 3. The Morgan fingerprint density at radius 3 is 2.68 bits per heavy atom. The van der Waals surface area contributed by atoms with Gasteiger partial charge in [-0.05, 0) is 11.8 Å². The monoisotopic (exact) mass is 278 g/mol. The van der Waals surface area contributed by atoms with Gasteiger partial charge in [0.25, 0.3) is 0 Å². The molecule has 1 heterocycles. The largest absolute Gasteiger partial charge is 0.350 e. The molecule has 4 nitrogen and oxygen atoms in total. The fourth-order valence-electron chi connectivity index (χ4n) is 2.20. The van der Waals surface area contributed by atoms with Crippen LogP contribution in [-0.2, 0) is 16.1 Å². The van der Waals surface area contributed by atoms with Crippen molar-refractivity contribution in [3.63, 3.8) is 0 Å². The Labute approximate surface area is 117 Å². The van der Waals surface area contributed by atoms with Gasteiger partial charge in [0, 0.05) is 6.54 Å². The first-order valence-corrected chi connectivity index (χ1v) is 7.56. The zero-order chi connectivity index (χ0) is 13.8. The van der Waals surface area contributed by atoms with E-state index in [0.29, 0.717) is 6.54 Å². The molecule has 2 amide bonds. The highest BCUT2D eigenvalue weighted by Gasteiger charge is 2.44. The molecular weight excluding hydrogens is 260 g/mol. The summed E-state index contributed by atoms with van der Waals surface area (Å²) in [6.45, 7) is 2.56. The predicted octanol–water partition coefficient (Wildman–Crippen LogP) is 1.47. The van der Waals surface area contributed by atoms with Gasteiger partial charge in [0.2, 0.25) is 11.8 Å². The zero-order valence-electron chi connectivity index (χ0n) is 11.1. The van der Waals surface area contributed by atoms with E-state index in [1.165, 1.54) is 0 Å². The van der Waals surface area contributed by atoms with Crippen molar-refractivity contribution in [1.29, 1.82) is 0 Å². The third-order valence-corrected chi connectivity index (χ3v) is 4.44. The van der Waals surface area contributed by atoms with Crippen LogP contribution in [0.25, 0.3) is 0 Å². The zero-order valence-corrected chi connectivity index (χ0v) is 11.9. The van der Waals surface area contributed by atoms with Crippen LogP contribution in [0.15, 0.2) is 30.3 Å². The number of rotatable bonds is 5. The van der Waals surface area contributed by atoms with Crippen LogP contribution in [0.4, 0.5) is 0 Å². The fraction of sp³-hybridized carbons (Fsp3) is 0.429.